The molecular weight excluding hydrogens is 254 g/mol. The molecule has 0 saturated carbocycles. The highest BCUT2D eigenvalue weighted by molar-refractivity contribution is 5.80. The van der Waals surface area contributed by atoms with E-state index in [0.717, 1.165) is 11.3 Å². The van der Waals surface area contributed by atoms with E-state index < -0.39 is 0 Å². The number of aryl methyl sites for hydroxylation is 3. The van der Waals surface area contributed by atoms with Gasteiger partial charge in [0, 0.05) is 24.5 Å². The van der Waals surface area contributed by atoms with Crippen LogP contribution in [0.2, 0.25) is 0 Å². The topological polar surface area (TPSA) is 59.8 Å². The average molecular weight is 269 g/mol. The quantitative estimate of drug-likeness (QED) is 0.730. The lowest BCUT2D eigenvalue weighted by Gasteiger charge is -2.10. The second-order valence-electron chi connectivity index (χ2n) is 5.01. The molecule has 5 heteroatoms. The van der Waals surface area contributed by atoms with Gasteiger partial charge in [-0.25, -0.2) is 0 Å². The van der Waals surface area contributed by atoms with E-state index in [1.807, 2.05) is 31.2 Å². The second-order valence-corrected chi connectivity index (χ2v) is 5.01. The zero-order valence-electron chi connectivity index (χ0n) is 11.6. The summed E-state index contributed by atoms with van der Waals surface area (Å²) in [6, 6.07) is 9.13. The Morgan fingerprint density at radius 2 is 1.85 bits per heavy atom. The lowest BCUT2D eigenvalue weighted by atomic mass is 10.2. The van der Waals surface area contributed by atoms with Crippen LogP contribution in [0.3, 0.4) is 0 Å². The molecule has 0 unspecified atom stereocenters. The minimum Gasteiger partial charge on any atom is -0.295 e. The fraction of sp³-hybridized carbons (Fsp3) is 0.200. The van der Waals surface area contributed by atoms with Gasteiger partial charge in [-0.1, -0.05) is 12.1 Å². The largest absolute Gasteiger partial charge is 0.295 e. The van der Waals surface area contributed by atoms with Crippen molar-refractivity contribution in [3.63, 3.8) is 0 Å². The Kier molecular flexibility index (Phi) is 2.64. The van der Waals surface area contributed by atoms with Crippen molar-refractivity contribution in [2.24, 2.45) is 7.05 Å². The molecule has 1 aromatic carbocycles. The van der Waals surface area contributed by atoms with Crippen LogP contribution in [0.5, 0.6) is 0 Å². The van der Waals surface area contributed by atoms with Gasteiger partial charge in [0.05, 0.1) is 10.9 Å². The molecule has 0 spiro atoms. The van der Waals surface area contributed by atoms with E-state index in [9.17, 15) is 9.59 Å². The zero-order valence-corrected chi connectivity index (χ0v) is 11.6. The van der Waals surface area contributed by atoms with Crippen LogP contribution in [0.15, 0.2) is 39.9 Å². The third-order valence-electron chi connectivity index (χ3n) is 3.52. The summed E-state index contributed by atoms with van der Waals surface area (Å²) >= 11 is 0. The van der Waals surface area contributed by atoms with Crippen LogP contribution in [-0.4, -0.2) is 14.3 Å². The molecule has 0 fully saturated rings. The molecule has 0 aliphatic carbocycles. The maximum absolute atomic E-state index is 12.3. The summed E-state index contributed by atoms with van der Waals surface area (Å²) in [5.74, 6) is 0. The predicted molar refractivity (Wildman–Crippen MR) is 78.6 cm³/mol. The normalized spacial score (nSPS) is 11.2. The van der Waals surface area contributed by atoms with E-state index in [4.69, 9.17) is 0 Å². The predicted octanol–water partition coefficient (Wildman–Crippen LogP) is 1.63. The Hall–Kier alpha value is -2.56. The minimum absolute atomic E-state index is 0.126. The second kappa shape index (κ2) is 4.23. The molecule has 20 heavy (non-hydrogen) atoms. The van der Waals surface area contributed by atoms with Crippen molar-refractivity contribution in [2.75, 3.05) is 0 Å². The highest BCUT2D eigenvalue weighted by Gasteiger charge is 2.13. The molecule has 3 aromatic rings. The minimum atomic E-state index is -0.151. The van der Waals surface area contributed by atoms with Crippen LogP contribution in [0, 0.1) is 13.8 Å². The van der Waals surface area contributed by atoms with Crippen molar-refractivity contribution in [1.29, 1.82) is 0 Å². The lowest BCUT2D eigenvalue weighted by molar-refractivity contribution is 0.751. The molecule has 2 aromatic heterocycles. The molecule has 2 heterocycles. The summed E-state index contributed by atoms with van der Waals surface area (Å²) in [4.78, 5) is 24.4. The summed E-state index contributed by atoms with van der Waals surface area (Å²) in [5.41, 5.74) is 2.79. The molecule has 0 amide bonds. The first-order valence-electron chi connectivity index (χ1n) is 6.37. The van der Waals surface area contributed by atoms with Gasteiger partial charge in [-0.3, -0.25) is 23.9 Å². The average Bonchev–Trinajstić information content (AvgIpc) is 2.65. The first kappa shape index (κ1) is 12.5. The SMILES string of the molecule is Cc1cccc(-n2c(C)c3c(=O)n(C)[nH]c3cc2=O)c1. The molecule has 0 aliphatic heterocycles. The van der Waals surface area contributed by atoms with Crippen molar-refractivity contribution < 1.29 is 0 Å². The monoisotopic (exact) mass is 269 g/mol. The van der Waals surface area contributed by atoms with Crippen molar-refractivity contribution in [1.82, 2.24) is 14.3 Å². The number of aromatic nitrogens is 3. The van der Waals surface area contributed by atoms with Crippen LogP contribution in [0.4, 0.5) is 0 Å². The van der Waals surface area contributed by atoms with Gasteiger partial charge in [0.1, 0.15) is 0 Å². The number of nitrogens with zero attached hydrogens (tertiary/aromatic N) is 2. The summed E-state index contributed by atoms with van der Waals surface area (Å²) in [6.07, 6.45) is 0. The number of pyridine rings is 1. The molecular formula is C15H15N3O2. The molecule has 0 saturated heterocycles. The Balaban J connectivity index is 2.45. The Morgan fingerprint density at radius 1 is 1.10 bits per heavy atom. The van der Waals surface area contributed by atoms with Crippen molar-refractivity contribution in [2.45, 2.75) is 13.8 Å². The number of H-pyrrole nitrogens is 1. The summed E-state index contributed by atoms with van der Waals surface area (Å²) in [6.45, 7) is 3.76. The van der Waals surface area contributed by atoms with Crippen LogP contribution in [-0.2, 0) is 7.05 Å². The smallest absolute Gasteiger partial charge is 0.275 e. The van der Waals surface area contributed by atoms with Gasteiger partial charge >= 0.3 is 0 Å². The molecule has 0 radical (unpaired) electrons. The fourth-order valence-corrected chi connectivity index (χ4v) is 2.58. The van der Waals surface area contributed by atoms with Crippen molar-refractivity contribution in [3.8, 4) is 5.69 Å². The third kappa shape index (κ3) is 1.71. The van der Waals surface area contributed by atoms with Gasteiger partial charge in [-0.05, 0) is 31.5 Å². The standard InChI is InChI=1S/C15H15N3O2/c1-9-5-4-6-11(7-9)18-10(2)14-12(8-13(18)19)16-17(3)15(14)20/h4-8,16H,1-3H3. The summed E-state index contributed by atoms with van der Waals surface area (Å²) in [7, 11) is 1.64. The molecule has 0 aliphatic rings. The van der Waals surface area contributed by atoms with Gasteiger partial charge in [0.2, 0.25) is 0 Å². The number of benzene rings is 1. The van der Waals surface area contributed by atoms with Crippen LogP contribution in [0.25, 0.3) is 16.6 Å². The number of hydrogen-bond donors (Lipinski definition) is 1. The first-order valence-corrected chi connectivity index (χ1v) is 6.37. The van der Waals surface area contributed by atoms with Gasteiger partial charge < -0.3 is 0 Å². The van der Waals surface area contributed by atoms with E-state index in [2.05, 4.69) is 5.10 Å². The maximum Gasteiger partial charge on any atom is 0.275 e. The van der Waals surface area contributed by atoms with Crippen molar-refractivity contribution in [3.05, 3.63) is 62.3 Å². The Morgan fingerprint density at radius 3 is 2.55 bits per heavy atom. The Bertz CT molecular complexity index is 928. The van der Waals surface area contributed by atoms with E-state index >= 15 is 0 Å². The fourth-order valence-electron chi connectivity index (χ4n) is 2.58. The van der Waals surface area contributed by atoms with Crippen molar-refractivity contribution >= 4 is 10.9 Å². The van der Waals surface area contributed by atoms with Crippen LogP contribution in [0.1, 0.15) is 11.3 Å². The highest BCUT2D eigenvalue weighted by Crippen LogP contribution is 2.15. The number of nitrogens with one attached hydrogen (secondary N) is 1. The molecule has 5 nitrogen and oxygen atoms in total. The number of aromatic amines is 1. The first-order chi connectivity index (χ1) is 9.49. The van der Waals surface area contributed by atoms with Crippen LogP contribution < -0.4 is 11.1 Å². The van der Waals surface area contributed by atoms with E-state index in [-0.39, 0.29) is 11.1 Å². The number of hydrogen-bond acceptors (Lipinski definition) is 2. The van der Waals surface area contributed by atoms with E-state index in [1.165, 1.54) is 10.7 Å². The third-order valence-corrected chi connectivity index (χ3v) is 3.52. The lowest BCUT2D eigenvalue weighted by Crippen LogP contribution is -2.21. The molecule has 0 bridgehead atoms. The molecule has 102 valence electrons. The van der Waals surface area contributed by atoms with E-state index in [1.54, 1.807) is 18.5 Å². The van der Waals surface area contributed by atoms with Gasteiger partial charge in [0.25, 0.3) is 11.1 Å². The van der Waals surface area contributed by atoms with Gasteiger partial charge in [-0.15, -0.1) is 0 Å². The maximum atomic E-state index is 12.3. The summed E-state index contributed by atoms with van der Waals surface area (Å²) < 4.78 is 2.96. The van der Waals surface area contributed by atoms with E-state index in [0.29, 0.717) is 16.6 Å². The summed E-state index contributed by atoms with van der Waals surface area (Å²) in [5, 5.41) is 3.44. The van der Waals surface area contributed by atoms with Gasteiger partial charge in [-0.2, -0.15) is 0 Å². The highest BCUT2D eigenvalue weighted by atomic mass is 16.1. The number of rotatable bonds is 1. The zero-order chi connectivity index (χ0) is 14.4. The molecule has 1 N–H and O–H groups in total. The van der Waals surface area contributed by atoms with Crippen LogP contribution >= 0.6 is 0 Å². The molecule has 3 rings (SSSR count). The Labute approximate surface area is 115 Å². The number of fused-ring (bicyclic) bond motifs is 1. The van der Waals surface area contributed by atoms with Gasteiger partial charge in [0.15, 0.2) is 0 Å². The molecule has 0 atom stereocenters.